The molecule has 1 aromatic rings. The van der Waals surface area contributed by atoms with E-state index in [0.29, 0.717) is 24.2 Å². The van der Waals surface area contributed by atoms with Gasteiger partial charge >= 0.3 is 18.0 Å². The molecule has 0 bridgehead atoms. The van der Waals surface area contributed by atoms with E-state index in [1.807, 2.05) is 27.7 Å². The first kappa shape index (κ1) is 66.9. The number of nitrogens with one attached hydrogen (secondary N) is 3. The number of benzene rings is 1. The predicted octanol–water partition coefficient (Wildman–Crippen LogP) is 4.12. The maximum atomic E-state index is 15.1. The molecule has 1 aromatic carbocycles. The first-order valence-electron chi connectivity index (χ1n) is 28.5. The molecule has 2 fully saturated rings. The topological polar surface area (TPSA) is 277 Å². The quantitative estimate of drug-likeness (QED) is 0.0883. The van der Waals surface area contributed by atoms with Crippen LogP contribution in [0.2, 0.25) is 0 Å². The van der Waals surface area contributed by atoms with Crippen LogP contribution in [-0.2, 0) is 63.8 Å². The van der Waals surface area contributed by atoms with Gasteiger partial charge in [-0.2, -0.15) is 0 Å². The smallest absolute Gasteiger partial charge is 0.411 e. The van der Waals surface area contributed by atoms with Crippen LogP contribution in [0.25, 0.3) is 0 Å². The monoisotopic (exact) mass is 1140 g/mol. The summed E-state index contributed by atoms with van der Waals surface area (Å²) >= 11 is 0. The van der Waals surface area contributed by atoms with E-state index in [9.17, 15) is 48.3 Å². The Hall–Kier alpha value is -6.58. The summed E-state index contributed by atoms with van der Waals surface area (Å²) in [6.45, 7) is 22.1. The van der Waals surface area contributed by atoms with E-state index in [2.05, 4.69) is 16.0 Å². The van der Waals surface area contributed by atoms with E-state index in [1.165, 1.54) is 60.7 Å². The zero-order valence-corrected chi connectivity index (χ0v) is 50.4. The Balaban J connectivity index is 1.88. The molecule has 22 nitrogen and oxygen atoms in total. The number of hydrogen-bond donors (Lipinski definition) is 4. The Labute approximate surface area is 478 Å². The van der Waals surface area contributed by atoms with Crippen LogP contribution in [0.5, 0.6) is 5.75 Å². The standard InChI is InChI=1S/C59H91N7O15/c1-17-35(8)47-45(67)31-46(68)80-50(34(6)7)49(69)36(9)51(70)60-40(28-32(2)3)54(73)65-26-18-20-41(65)55(74)64(15)44(30-38-22-24-39(78-16)25-23-38)57(76)79-37(10)48(53(72)61-47)62-52(71)43(29-33(4)5)63(14)56(75)42-21-19-27-66(42)58(77)81-59(11,12)13/h19,21-25,32-37,40-45,47-48,50,67H,17-18,20,26-31H2,1-16H3,(H,60,70)(H,61,72)(H,62,71)/t35-,36-,37+,40?,41-,42-,43+,44?,45-,47?,48?,50?/m0/s1. The number of rotatable bonds is 14. The molecule has 0 saturated carbocycles. The fourth-order valence-corrected chi connectivity index (χ4v) is 10.2. The Morgan fingerprint density at radius 1 is 0.901 bits per heavy atom. The predicted molar refractivity (Wildman–Crippen MR) is 300 cm³/mol. The van der Waals surface area contributed by atoms with Gasteiger partial charge in [-0.1, -0.05) is 86.1 Å². The van der Waals surface area contributed by atoms with Crippen LogP contribution in [0.3, 0.4) is 0 Å². The molecule has 2 saturated heterocycles. The van der Waals surface area contributed by atoms with E-state index in [0.717, 1.165) is 0 Å². The lowest BCUT2D eigenvalue weighted by Crippen LogP contribution is -2.62. The second kappa shape index (κ2) is 29.4. The summed E-state index contributed by atoms with van der Waals surface area (Å²) in [7, 11) is 4.29. The molecule has 5 unspecified atom stereocenters. The molecule has 452 valence electrons. The molecule has 0 radical (unpaired) electrons. The van der Waals surface area contributed by atoms with Gasteiger partial charge in [-0.05, 0) is 102 Å². The minimum Gasteiger partial charge on any atom is -0.497 e. The van der Waals surface area contributed by atoms with E-state index in [1.54, 1.807) is 78.8 Å². The van der Waals surface area contributed by atoms with E-state index >= 15 is 4.79 Å². The molecule has 81 heavy (non-hydrogen) atoms. The van der Waals surface area contributed by atoms with Crippen molar-refractivity contribution in [3.63, 3.8) is 0 Å². The van der Waals surface area contributed by atoms with E-state index in [-0.39, 0.29) is 50.6 Å². The summed E-state index contributed by atoms with van der Waals surface area (Å²) in [6, 6.07) is -2.36. The highest BCUT2D eigenvalue weighted by Crippen LogP contribution is 2.27. The Morgan fingerprint density at radius 3 is 2.11 bits per heavy atom. The molecule has 7 amide bonds. The number of fused-ring (bicyclic) bond motifs is 1. The second-order valence-corrected chi connectivity index (χ2v) is 24.1. The summed E-state index contributed by atoms with van der Waals surface area (Å²) in [5, 5.41) is 20.1. The molecule has 22 heteroatoms. The molecule has 3 heterocycles. The summed E-state index contributed by atoms with van der Waals surface area (Å²) in [5.74, 6) is -9.68. The third-order valence-corrected chi connectivity index (χ3v) is 15.1. The molecular formula is C59H91N7O15. The lowest BCUT2D eigenvalue weighted by Gasteiger charge is -2.36. The highest BCUT2D eigenvalue weighted by atomic mass is 16.6. The number of Topliss-reactive ketones (excluding diaryl/α,β-unsaturated/α-hetero) is 1. The van der Waals surface area contributed by atoms with Crippen LogP contribution in [0.15, 0.2) is 36.4 Å². The molecular weight excluding hydrogens is 1050 g/mol. The SMILES string of the molecule is CC[C@H](C)C1NC(=O)C(NC(=O)[C@@H](CC(C)C)N(C)C(=O)[C@@H]2C=CCN2C(=O)OC(C)(C)C)[C@@H](C)OC(=O)C(Cc2ccc(OC)cc2)N(C)C(=O)[C@@H]2CCCN2C(=O)C(CC(C)C)NC(=O)[C@@H](C)C(=O)C(C(C)C)OC(=O)C[C@@H]1O. The number of carbonyl (C=O) groups excluding carboxylic acids is 10. The number of aliphatic hydroxyl groups excluding tert-OH is 1. The number of likely N-dealkylation sites (N-methyl/N-ethyl adjacent to an activating group) is 2. The van der Waals surface area contributed by atoms with Crippen LogP contribution in [0, 0.1) is 29.6 Å². The number of amides is 7. The van der Waals surface area contributed by atoms with Crippen molar-refractivity contribution in [2.24, 2.45) is 29.6 Å². The van der Waals surface area contributed by atoms with Gasteiger partial charge in [0.05, 0.1) is 31.6 Å². The van der Waals surface area contributed by atoms with Crippen LogP contribution < -0.4 is 20.7 Å². The molecule has 4 N–H and O–H groups in total. The van der Waals surface area contributed by atoms with E-state index < -0.39 is 150 Å². The maximum absolute atomic E-state index is 15.1. The van der Waals surface area contributed by atoms with Crippen molar-refractivity contribution >= 4 is 59.3 Å². The molecule has 0 spiro atoms. The number of esters is 2. The van der Waals surface area contributed by atoms with Crippen molar-refractivity contribution in [1.29, 1.82) is 0 Å². The number of methoxy groups -OCH3 is 1. The first-order valence-corrected chi connectivity index (χ1v) is 28.5. The number of cyclic esters (lactones) is 2. The number of aliphatic hydroxyl groups is 1. The fourth-order valence-electron chi connectivity index (χ4n) is 10.2. The van der Waals surface area contributed by atoms with Gasteiger partial charge in [0.1, 0.15) is 53.7 Å². The number of hydrogen-bond acceptors (Lipinski definition) is 15. The molecule has 12 atom stereocenters. The van der Waals surface area contributed by atoms with Crippen LogP contribution in [0.1, 0.15) is 134 Å². The van der Waals surface area contributed by atoms with Crippen molar-refractivity contribution in [2.75, 3.05) is 34.3 Å². The average molecular weight is 1140 g/mol. The fraction of sp³-hybridized carbons (Fsp3) is 0.695. The Morgan fingerprint density at radius 2 is 1.54 bits per heavy atom. The number of carbonyl (C=O) groups is 10. The van der Waals surface area contributed by atoms with Crippen molar-refractivity contribution in [3.8, 4) is 5.75 Å². The number of ether oxygens (including phenoxy) is 4. The molecule has 0 aliphatic carbocycles. The van der Waals surface area contributed by atoms with Gasteiger partial charge in [-0.15, -0.1) is 0 Å². The van der Waals surface area contributed by atoms with Gasteiger partial charge in [0.25, 0.3) is 0 Å². The minimum absolute atomic E-state index is 0.0639. The lowest BCUT2D eigenvalue weighted by atomic mass is 9.91. The maximum Gasteiger partial charge on any atom is 0.411 e. The summed E-state index contributed by atoms with van der Waals surface area (Å²) in [5.41, 5.74) is -0.303. The number of nitrogens with zero attached hydrogens (tertiary/aromatic N) is 4. The van der Waals surface area contributed by atoms with Gasteiger partial charge in [-0.25, -0.2) is 9.59 Å². The van der Waals surface area contributed by atoms with Gasteiger partial charge in [0, 0.05) is 33.6 Å². The van der Waals surface area contributed by atoms with Crippen molar-refractivity contribution in [1.82, 2.24) is 35.6 Å². The van der Waals surface area contributed by atoms with Crippen LogP contribution in [0.4, 0.5) is 4.79 Å². The Kier molecular flexibility index (Phi) is 24.3. The molecule has 4 rings (SSSR count). The molecule has 3 aliphatic heterocycles. The lowest BCUT2D eigenvalue weighted by molar-refractivity contribution is -0.163. The third kappa shape index (κ3) is 18.0. The van der Waals surface area contributed by atoms with Gasteiger partial charge in [0.2, 0.25) is 35.4 Å². The first-order chi connectivity index (χ1) is 37.8. The zero-order chi connectivity index (χ0) is 61.0. The number of ketones is 1. The van der Waals surface area contributed by atoms with Crippen LogP contribution in [-0.4, -0.2) is 184 Å². The summed E-state index contributed by atoms with van der Waals surface area (Å²) in [4.78, 5) is 149. The van der Waals surface area contributed by atoms with Crippen molar-refractivity contribution < 1.29 is 72.0 Å². The Bertz CT molecular complexity index is 2440. The van der Waals surface area contributed by atoms with Gasteiger partial charge in [-0.3, -0.25) is 43.3 Å². The average Bonchev–Trinajstić information content (AvgIpc) is 4.11. The van der Waals surface area contributed by atoms with Crippen molar-refractivity contribution in [2.45, 2.75) is 201 Å². The molecule has 3 aliphatic rings. The zero-order valence-electron chi connectivity index (χ0n) is 50.4. The van der Waals surface area contributed by atoms with Crippen LogP contribution >= 0.6 is 0 Å². The van der Waals surface area contributed by atoms with E-state index in [4.69, 9.17) is 18.9 Å². The summed E-state index contributed by atoms with van der Waals surface area (Å²) in [6.07, 6.45) is -1.95. The minimum atomic E-state index is -1.77. The van der Waals surface area contributed by atoms with Gasteiger partial charge < -0.3 is 54.7 Å². The highest BCUT2D eigenvalue weighted by Gasteiger charge is 2.46. The summed E-state index contributed by atoms with van der Waals surface area (Å²) < 4.78 is 22.8. The van der Waals surface area contributed by atoms with Crippen molar-refractivity contribution in [3.05, 3.63) is 42.0 Å². The molecule has 0 aromatic heterocycles. The largest absolute Gasteiger partial charge is 0.497 e. The normalized spacial score (nSPS) is 26.9. The highest BCUT2D eigenvalue weighted by molar-refractivity contribution is 6.05. The third-order valence-electron chi connectivity index (χ3n) is 15.1. The van der Waals surface area contributed by atoms with Gasteiger partial charge in [0.15, 0.2) is 11.9 Å². The second-order valence-electron chi connectivity index (χ2n) is 24.1.